The Hall–Kier alpha value is -1.72. The number of alkyl halides is 2. The molecule has 4 nitrogen and oxygen atoms in total. The van der Waals surface area contributed by atoms with Crippen molar-refractivity contribution in [2.24, 2.45) is 0 Å². The zero-order valence-corrected chi connectivity index (χ0v) is 8.12. The summed E-state index contributed by atoms with van der Waals surface area (Å²) in [4.78, 5) is 14.7. The van der Waals surface area contributed by atoms with Crippen LogP contribution in [0, 0.1) is 6.92 Å². The SMILES string of the molecule is COC(=O)c1cc(C(F)F)c(O)c(C)n1. The number of hydrogen-bond acceptors (Lipinski definition) is 4. The minimum absolute atomic E-state index is 0.0341. The molecule has 1 aromatic heterocycles. The van der Waals surface area contributed by atoms with Crippen LogP contribution >= 0.6 is 0 Å². The summed E-state index contributed by atoms with van der Waals surface area (Å²) in [6, 6.07) is 0.818. The number of hydrogen-bond donors (Lipinski definition) is 1. The number of carbonyl (C=O) groups excluding carboxylic acids is 1. The normalized spacial score (nSPS) is 10.5. The molecule has 1 heterocycles. The van der Waals surface area contributed by atoms with E-state index in [1.54, 1.807) is 0 Å². The Balaban J connectivity index is 3.29. The van der Waals surface area contributed by atoms with E-state index in [4.69, 9.17) is 0 Å². The molecule has 0 spiro atoms. The van der Waals surface area contributed by atoms with Gasteiger partial charge in [-0.1, -0.05) is 0 Å². The third-order valence-electron chi connectivity index (χ3n) is 1.83. The Morgan fingerprint density at radius 3 is 2.67 bits per heavy atom. The second-order valence-electron chi connectivity index (χ2n) is 2.82. The van der Waals surface area contributed by atoms with Gasteiger partial charge in [-0.25, -0.2) is 18.6 Å². The number of rotatable bonds is 2. The summed E-state index contributed by atoms with van der Waals surface area (Å²) >= 11 is 0. The lowest BCUT2D eigenvalue weighted by molar-refractivity contribution is 0.0593. The lowest BCUT2D eigenvalue weighted by Crippen LogP contribution is -2.07. The lowest BCUT2D eigenvalue weighted by Gasteiger charge is -2.07. The third kappa shape index (κ3) is 2.20. The molecule has 0 aliphatic carbocycles. The van der Waals surface area contributed by atoms with Crippen LogP contribution < -0.4 is 0 Å². The van der Waals surface area contributed by atoms with Crippen LogP contribution in [-0.4, -0.2) is 23.2 Å². The summed E-state index contributed by atoms with van der Waals surface area (Å²) in [6.07, 6.45) is -2.87. The summed E-state index contributed by atoms with van der Waals surface area (Å²) in [5.74, 6) is -1.42. The lowest BCUT2D eigenvalue weighted by atomic mass is 10.1. The fourth-order valence-electron chi connectivity index (χ4n) is 1.07. The van der Waals surface area contributed by atoms with Gasteiger partial charge in [0.1, 0.15) is 11.4 Å². The first-order chi connectivity index (χ1) is 6.97. The standard InChI is InChI=1S/C9H9F2NO3/c1-4-7(13)5(8(10)11)3-6(12-4)9(14)15-2/h3,8,13H,1-2H3. The molecule has 0 saturated heterocycles. The maximum Gasteiger partial charge on any atom is 0.356 e. The minimum atomic E-state index is -2.87. The van der Waals surface area contributed by atoms with Gasteiger partial charge in [-0.2, -0.15) is 0 Å². The topological polar surface area (TPSA) is 59.4 Å². The zero-order valence-electron chi connectivity index (χ0n) is 8.12. The Kier molecular flexibility index (Phi) is 3.18. The monoisotopic (exact) mass is 217 g/mol. The van der Waals surface area contributed by atoms with E-state index < -0.39 is 23.7 Å². The van der Waals surface area contributed by atoms with Crippen LogP contribution in [0.3, 0.4) is 0 Å². The van der Waals surface area contributed by atoms with E-state index in [-0.39, 0.29) is 11.4 Å². The number of esters is 1. The van der Waals surface area contributed by atoms with Gasteiger partial charge in [0.2, 0.25) is 0 Å². The number of ether oxygens (including phenoxy) is 1. The maximum absolute atomic E-state index is 12.4. The average molecular weight is 217 g/mol. The van der Waals surface area contributed by atoms with Gasteiger partial charge in [-0.3, -0.25) is 0 Å². The smallest absolute Gasteiger partial charge is 0.356 e. The zero-order chi connectivity index (χ0) is 11.6. The van der Waals surface area contributed by atoms with Crippen LogP contribution in [-0.2, 0) is 4.74 Å². The molecule has 6 heteroatoms. The van der Waals surface area contributed by atoms with E-state index in [1.165, 1.54) is 6.92 Å². The average Bonchev–Trinajstić information content (AvgIpc) is 2.20. The molecule has 0 unspecified atom stereocenters. The first kappa shape index (κ1) is 11.4. The molecular weight excluding hydrogens is 208 g/mol. The molecule has 82 valence electrons. The van der Waals surface area contributed by atoms with Gasteiger partial charge in [0.05, 0.1) is 18.4 Å². The van der Waals surface area contributed by atoms with Crippen molar-refractivity contribution in [1.82, 2.24) is 4.98 Å². The van der Waals surface area contributed by atoms with Crippen molar-refractivity contribution < 1.29 is 23.4 Å². The van der Waals surface area contributed by atoms with Gasteiger partial charge in [0.25, 0.3) is 6.43 Å². The molecule has 0 aliphatic rings. The predicted octanol–water partition coefficient (Wildman–Crippen LogP) is 1.82. The molecule has 15 heavy (non-hydrogen) atoms. The number of halogens is 2. The van der Waals surface area contributed by atoms with E-state index in [0.717, 1.165) is 13.2 Å². The van der Waals surface area contributed by atoms with Crippen LogP contribution in [0.1, 0.15) is 28.2 Å². The second-order valence-corrected chi connectivity index (χ2v) is 2.82. The van der Waals surface area contributed by atoms with Gasteiger partial charge < -0.3 is 9.84 Å². The Morgan fingerprint density at radius 1 is 1.60 bits per heavy atom. The summed E-state index contributed by atoms with van der Waals surface area (Å²) in [5, 5.41) is 9.25. The Bertz CT molecular complexity index is 393. The van der Waals surface area contributed by atoms with Crippen LogP contribution in [0.4, 0.5) is 8.78 Å². The number of nitrogens with zero attached hydrogens (tertiary/aromatic N) is 1. The largest absolute Gasteiger partial charge is 0.506 e. The van der Waals surface area contributed by atoms with E-state index in [0.29, 0.717) is 0 Å². The molecule has 0 radical (unpaired) electrons. The fourth-order valence-corrected chi connectivity index (χ4v) is 1.07. The number of aryl methyl sites for hydroxylation is 1. The molecule has 0 fully saturated rings. The fraction of sp³-hybridized carbons (Fsp3) is 0.333. The summed E-state index contributed by atoms with van der Waals surface area (Å²) in [7, 11) is 1.12. The molecule has 1 rings (SSSR count). The highest BCUT2D eigenvalue weighted by Crippen LogP contribution is 2.30. The third-order valence-corrected chi connectivity index (χ3v) is 1.83. The number of aromatic hydroxyl groups is 1. The van der Waals surface area contributed by atoms with E-state index in [1.807, 2.05) is 0 Å². The quantitative estimate of drug-likeness (QED) is 0.767. The molecule has 0 saturated carbocycles. The van der Waals surface area contributed by atoms with Crippen LogP contribution in [0.15, 0.2) is 6.07 Å². The second kappa shape index (κ2) is 4.20. The molecule has 0 amide bonds. The highest BCUT2D eigenvalue weighted by Gasteiger charge is 2.19. The van der Waals surface area contributed by atoms with E-state index in [2.05, 4.69) is 9.72 Å². The van der Waals surface area contributed by atoms with Crippen molar-refractivity contribution in [2.75, 3.05) is 7.11 Å². The number of carbonyl (C=O) groups is 1. The first-order valence-corrected chi connectivity index (χ1v) is 4.04. The first-order valence-electron chi connectivity index (χ1n) is 4.04. The van der Waals surface area contributed by atoms with Crippen molar-refractivity contribution in [3.8, 4) is 5.75 Å². The molecule has 0 aliphatic heterocycles. The maximum atomic E-state index is 12.4. The molecule has 0 aromatic carbocycles. The molecule has 0 atom stereocenters. The van der Waals surface area contributed by atoms with Crippen molar-refractivity contribution in [2.45, 2.75) is 13.3 Å². The Labute approximate surface area is 84.5 Å². The van der Waals surface area contributed by atoms with Gasteiger partial charge in [-0.15, -0.1) is 0 Å². The molecule has 1 aromatic rings. The van der Waals surface area contributed by atoms with Crippen molar-refractivity contribution in [1.29, 1.82) is 0 Å². The molecular formula is C9H9F2NO3. The summed E-state index contributed by atoms with van der Waals surface area (Å²) in [5.41, 5.74) is -0.904. The number of methoxy groups -OCH3 is 1. The highest BCUT2D eigenvalue weighted by molar-refractivity contribution is 5.87. The van der Waals surface area contributed by atoms with E-state index in [9.17, 15) is 18.7 Å². The van der Waals surface area contributed by atoms with Crippen LogP contribution in [0.2, 0.25) is 0 Å². The van der Waals surface area contributed by atoms with Crippen LogP contribution in [0.25, 0.3) is 0 Å². The molecule has 0 bridgehead atoms. The van der Waals surface area contributed by atoms with Gasteiger partial charge in [0, 0.05) is 0 Å². The number of pyridine rings is 1. The van der Waals surface area contributed by atoms with Crippen molar-refractivity contribution >= 4 is 5.97 Å². The summed E-state index contributed by atoms with van der Waals surface area (Å²) in [6.45, 7) is 1.33. The van der Waals surface area contributed by atoms with Crippen molar-refractivity contribution in [3.63, 3.8) is 0 Å². The van der Waals surface area contributed by atoms with Gasteiger partial charge in [0.15, 0.2) is 0 Å². The Morgan fingerprint density at radius 2 is 2.20 bits per heavy atom. The minimum Gasteiger partial charge on any atom is -0.506 e. The molecule has 1 N–H and O–H groups in total. The predicted molar refractivity (Wildman–Crippen MR) is 46.9 cm³/mol. The highest BCUT2D eigenvalue weighted by atomic mass is 19.3. The summed E-state index contributed by atoms with van der Waals surface area (Å²) < 4.78 is 29.2. The van der Waals surface area contributed by atoms with Gasteiger partial charge in [-0.05, 0) is 13.0 Å². The van der Waals surface area contributed by atoms with E-state index >= 15 is 0 Å². The van der Waals surface area contributed by atoms with Crippen molar-refractivity contribution in [3.05, 3.63) is 23.0 Å². The number of aromatic nitrogens is 1. The van der Waals surface area contributed by atoms with Gasteiger partial charge >= 0.3 is 5.97 Å². The van der Waals surface area contributed by atoms with Crippen LogP contribution in [0.5, 0.6) is 5.75 Å².